The van der Waals surface area contributed by atoms with Crippen LogP contribution in [0.4, 0.5) is 11.4 Å². The van der Waals surface area contributed by atoms with Crippen LogP contribution in [0.2, 0.25) is 0 Å². The maximum Gasteiger partial charge on any atom is 0.338 e. The quantitative estimate of drug-likeness (QED) is 0.160. The van der Waals surface area contributed by atoms with Crippen LogP contribution < -0.4 is 10.0 Å². The molecule has 2 heterocycles. The molecule has 0 bridgehead atoms. The van der Waals surface area contributed by atoms with E-state index in [4.69, 9.17) is 9.15 Å². The minimum atomic E-state index is -3.88. The molecule has 1 aliphatic rings. The molecule has 226 valence electrons. The average Bonchev–Trinajstić information content (AvgIpc) is 3.59. The van der Waals surface area contributed by atoms with Crippen LogP contribution in [0.3, 0.4) is 0 Å². The fourth-order valence-electron chi connectivity index (χ4n) is 4.51. The molecule has 44 heavy (non-hydrogen) atoms. The molecule has 5 rings (SSSR count). The number of furan rings is 1. The molecule has 0 fully saturated rings. The van der Waals surface area contributed by atoms with Crippen LogP contribution in [0.25, 0.3) is 0 Å². The van der Waals surface area contributed by atoms with Crippen molar-refractivity contribution in [3.8, 4) is 0 Å². The zero-order valence-corrected chi connectivity index (χ0v) is 25.8. The fourth-order valence-corrected chi connectivity index (χ4v) is 6.68. The summed E-state index contributed by atoms with van der Waals surface area (Å²) in [6, 6.07) is 21.8. The van der Waals surface area contributed by atoms with Gasteiger partial charge in [0.1, 0.15) is 16.4 Å². The number of anilines is 2. The van der Waals surface area contributed by atoms with Crippen molar-refractivity contribution in [3.05, 3.63) is 124 Å². The van der Waals surface area contributed by atoms with E-state index in [1.807, 2.05) is 32.0 Å². The van der Waals surface area contributed by atoms with Crippen LogP contribution in [-0.4, -0.2) is 38.2 Å². The summed E-state index contributed by atoms with van der Waals surface area (Å²) in [7, 11) is -2.65. The molecule has 4 aromatic rings. The number of hydrogen-bond donors (Lipinski definition) is 2. The summed E-state index contributed by atoms with van der Waals surface area (Å²) < 4.78 is 38.5. The molecular formula is C32H29N3O7S2. The van der Waals surface area contributed by atoms with Gasteiger partial charge in [0.25, 0.3) is 11.8 Å². The summed E-state index contributed by atoms with van der Waals surface area (Å²) in [6.45, 7) is 3.93. The lowest BCUT2D eigenvalue weighted by Gasteiger charge is -2.14. The molecule has 2 amide bonds. The monoisotopic (exact) mass is 631 g/mol. The summed E-state index contributed by atoms with van der Waals surface area (Å²) in [6.07, 6.45) is 1.48. The standard InChI is InChI=1S/C32H29N3O7S2/c1-20-10-11-24(17-21(20)2)33-28-29(31(37)35(30(28)36)18-25-8-6-16-42-25)43-26-14-12-23(13-15-26)34-44(39,40)19-22-7-4-5-9-27(22)32(38)41-3/h4-17,33-34H,18-19H2,1-3H3. The topological polar surface area (TPSA) is 135 Å². The number of rotatable bonds is 11. The molecule has 0 radical (unpaired) electrons. The van der Waals surface area contributed by atoms with E-state index in [1.54, 1.807) is 54.6 Å². The molecule has 12 heteroatoms. The SMILES string of the molecule is COC(=O)c1ccccc1CS(=O)(=O)Nc1ccc(SC2=C(Nc3ccc(C)c(C)c3)C(=O)N(Cc3ccco3)C2=O)cc1. The lowest BCUT2D eigenvalue weighted by Crippen LogP contribution is -2.31. The van der Waals surface area contributed by atoms with Gasteiger partial charge in [-0.25, -0.2) is 13.2 Å². The Bertz CT molecular complexity index is 1870. The number of esters is 1. The number of thioether (sulfide) groups is 1. The van der Waals surface area contributed by atoms with Gasteiger partial charge in [0.05, 0.1) is 31.2 Å². The van der Waals surface area contributed by atoms with Crippen LogP contribution in [0.5, 0.6) is 0 Å². The van der Waals surface area contributed by atoms with E-state index in [0.29, 0.717) is 27.6 Å². The highest BCUT2D eigenvalue weighted by Crippen LogP contribution is 2.37. The van der Waals surface area contributed by atoms with Crippen molar-refractivity contribution in [1.82, 2.24) is 4.90 Å². The highest BCUT2D eigenvalue weighted by atomic mass is 32.2. The number of imide groups is 1. The van der Waals surface area contributed by atoms with E-state index >= 15 is 0 Å². The number of sulfonamides is 1. The first-order valence-electron chi connectivity index (χ1n) is 13.5. The number of amides is 2. The molecule has 1 aromatic heterocycles. The molecule has 3 aromatic carbocycles. The van der Waals surface area contributed by atoms with E-state index in [-0.39, 0.29) is 22.7 Å². The number of carbonyl (C=O) groups is 3. The van der Waals surface area contributed by atoms with Gasteiger partial charge in [0.15, 0.2) is 0 Å². The maximum absolute atomic E-state index is 13.5. The third-order valence-corrected chi connectivity index (χ3v) is 9.24. The molecule has 0 saturated heterocycles. The third kappa shape index (κ3) is 6.87. The number of nitrogens with one attached hydrogen (secondary N) is 2. The number of hydrogen-bond acceptors (Lipinski definition) is 9. The number of nitrogens with zero attached hydrogens (tertiary/aromatic N) is 1. The van der Waals surface area contributed by atoms with Gasteiger partial charge in [0.2, 0.25) is 10.0 Å². The fraction of sp³-hybridized carbons (Fsp3) is 0.156. The number of methoxy groups -OCH3 is 1. The largest absolute Gasteiger partial charge is 0.467 e. The van der Waals surface area contributed by atoms with Gasteiger partial charge in [-0.05, 0) is 85.1 Å². The van der Waals surface area contributed by atoms with Crippen molar-refractivity contribution in [2.75, 3.05) is 17.1 Å². The van der Waals surface area contributed by atoms with Crippen LogP contribution in [-0.2, 0) is 36.6 Å². The zero-order chi connectivity index (χ0) is 31.4. The number of benzene rings is 3. The van der Waals surface area contributed by atoms with Gasteiger partial charge >= 0.3 is 5.97 Å². The smallest absolute Gasteiger partial charge is 0.338 e. The van der Waals surface area contributed by atoms with Crippen molar-refractivity contribution >= 4 is 50.9 Å². The van der Waals surface area contributed by atoms with Crippen LogP contribution in [0.1, 0.15) is 32.8 Å². The minimum Gasteiger partial charge on any atom is -0.467 e. The van der Waals surface area contributed by atoms with E-state index in [0.717, 1.165) is 27.8 Å². The highest BCUT2D eigenvalue weighted by Gasteiger charge is 2.39. The molecule has 1 aliphatic heterocycles. The van der Waals surface area contributed by atoms with Crippen molar-refractivity contribution < 1.29 is 32.0 Å². The first-order valence-corrected chi connectivity index (χ1v) is 15.9. The van der Waals surface area contributed by atoms with Crippen molar-refractivity contribution in [2.45, 2.75) is 31.0 Å². The Morgan fingerprint density at radius 2 is 1.64 bits per heavy atom. The molecular weight excluding hydrogens is 603 g/mol. The molecule has 0 aliphatic carbocycles. The van der Waals surface area contributed by atoms with Crippen molar-refractivity contribution in [2.24, 2.45) is 0 Å². The van der Waals surface area contributed by atoms with Gasteiger partial charge in [-0.1, -0.05) is 36.0 Å². The van der Waals surface area contributed by atoms with Gasteiger partial charge in [0, 0.05) is 16.3 Å². The normalized spacial score (nSPS) is 13.4. The second-order valence-corrected chi connectivity index (χ2v) is 12.8. The average molecular weight is 632 g/mol. The summed E-state index contributed by atoms with van der Waals surface area (Å²) in [5.74, 6) is -1.55. The van der Waals surface area contributed by atoms with Gasteiger partial charge in [-0.15, -0.1) is 0 Å². The number of ether oxygens (including phenoxy) is 1. The molecule has 2 N–H and O–H groups in total. The number of aryl methyl sites for hydroxylation is 2. The van der Waals surface area contributed by atoms with E-state index in [1.165, 1.54) is 19.4 Å². The lowest BCUT2D eigenvalue weighted by molar-refractivity contribution is -0.138. The zero-order valence-electron chi connectivity index (χ0n) is 24.1. The summed E-state index contributed by atoms with van der Waals surface area (Å²) in [4.78, 5) is 41.0. The Morgan fingerprint density at radius 3 is 2.32 bits per heavy atom. The predicted octanol–water partition coefficient (Wildman–Crippen LogP) is 5.61. The number of carbonyl (C=O) groups excluding carboxylic acids is 3. The Labute approximate surface area is 259 Å². The Hall–Kier alpha value is -4.81. The first kappa shape index (κ1) is 30.6. The summed E-state index contributed by atoms with van der Waals surface area (Å²) >= 11 is 1.10. The van der Waals surface area contributed by atoms with E-state index in [2.05, 4.69) is 10.0 Å². The minimum absolute atomic E-state index is 0.0212. The highest BCUT2D eigenvalue weighted by molar-refractivity contribution is 8.04. The molecule has 10 nitrogen and oxygen atoms in total. The van der Waals surface area contributed by atoms with Gasteiger partial charge in [-0.3, -0.25) is 19.2 Å². The molecule has 0 saturated carbocycles. The summed E-state index contributed by atoms with van der Waals surface area (Å²) in [5.41, 5.74) is 3.70. The third-order valence-electron chi connectivity index (χ3n) is 6.91. The van der Waals surface area contributed by atoms with Crippen molar-refractivity contribution in [3.63, 3.8) is 0 Å². The second kappa shape index (κ2) is 12.8. The van der Waals surface area contributed by atoms with Crippen LogP contribution in [0.15, 0.2) is 105 Å². The lowest BCUT2D eigenvalue weighted by atomic mass is 10.1. The second-order valence-electron chi connectivity index (χ2n) is 10.0. The maximum atomic E-state index is 13.5. The molecule has 0 spiro atoms. The Morgan fingerprint density at radius 1 is 0.909 bits per heavy atom. The summed E-state index contributed by atoms with van der Waals surface area (Å²) in [5, 5.41) is 3.14. The molecule has 0 unspecified atom stereocenters. The van der Waals surface area contributed by atoms with Gasteiger partial charge in [-0.2, -0.15) is 0 Å². The van der Waals surface area contributed by atoms with Gasteiger partial charge < -0.3 is 14.5 Å². The van der Waals surface area contributed by atoms with Crippen molar-refractivity contribution in [1.29, 1.82) is 0 Å². The first-order chi connectivity index (χ1) is 21.0. The van der Waals surface area contributed by atoms with E-state index in [9.17, 15) is 22.8 Å². The Kier molecular flexibility index (Phi) is 8.93. The Balaban J connectivity index is 1.36. The van der Waals surface area contributed by atoms with Crippen LogP contribution >= 0.6 is 11.8 Å². The van der Waals surface area contributed by atoms with E-state index < -0.39 is 33.6 Å². The predicted molar refractivity (Wildman–Crippen MR) is 167 cm³/mol. The van der Waals surface area contributed by atoms with Crippen LogP contribution in [0, 0.1) is 13.8 Å². The molecule has 0 atom stereocenters.